The van der Waals surface area contributed by atoms with Crippen LogP contribution < -0.4 is 14.8 Å². The number of nitrogens with zero attached hydrogens (tertiary/aromatic N) is 2. The van der Waals surface area contributed by atoms with Gasteiger partial charge in [0.1, 0.15) is 0 Å². The molecule has 1 aromatic rings. The molecular formula is C21H33N3O3. The first kappa shape index (κ1) is 20.0. The standard InChI is InChI=1S/C21H33N3O3/c1-26-19-8-7-17(14-20(19)27-2)9-10-22-21(25)16-23-11-5-6-18(15-23)24-12-3-4-13-24/h7-8,14,18H,3-6,9-13,15-16H2,1-2H3,(H,22,25). The largest absolute Gasteiger partial charge is 0.493 e. The highest BCUT2D eigenvalue weighted by Gasteiger charge is 2.27. The predicted molar refractivity (Wildman–Crippen MR) is 107 cm³/mol. The summed E-state index contributed by atoms with van der Waals surface area (Å²) in [5, 5.41) is 3.06. The summed E-state index contributed by atoms with van der Waals surface area (Å²) >= 11 is 0. The van der Waals surface area contributed by atoms with Crippen LogP contribution in [0.2, 0.25) is 0 Å². The van der Waals surface area contributed by atoms with Crippen molar-refractivity contribution in [2.24, 2.45) is 0 Å². The predicted octanol–water partition coefficient (Wildman–Crippen LogP) is 1.92. The normalized spacial score (nSPS) is 21.2. The Morgan fingerprint density at radius 3 is 2.63 bits per heavy atom. The number of carbonyl (C=O) groups is 1. The molecule has 1 aromatic carbocycles. The van der Waals surface area contributed by atoms with Gasteiger partial charge in [0.2, 0.25) is 5.91 Å². The molecule has 0 bridgehead atoms. The van der Waals surface area contributed by atoms with Crippen LogP contribution in [-0.4, -0.2) is 75.2 Å². The van der Waals surface area contributed by atoms with Crippen molar-refractivity contribution in [3.8, 4) is 11.5 Å². The van der Waals surface area contributed by atoms with Gasteiger partial charge in [0, 0.05) is 19.1 Å². The Hall–Kier alpha value is -1.79. The summed E-state index contributed by atoms with van der Waals surface area (Å²) in [6.45, 7) is 5.68. The molecule has 6 heteroatoms. The van der Waals surface area contributed by atoms with E-state index in [0.717, 1.165) is 36.6 Å². The number of rotatable bonds is 8. The fraction of sp³-hybridized carbons (Fsp3) is 0.667. The lowest BCUT2D eigenvalue weighted by atomic mass is 10.0. The lowest BCUT2D eigenvalue weighted by Crippen LogP contribution is -2.49. The molecule has 27 heavy (non-hydrogen) atoms. The van der Waals surface area contributed by atoms with Crippen molar-refractivity contribution in [2.75, 3.05) is 53.5 Å². The Bertz CT molecular complexity index is 617. The number of hydrogen-bond acceptors (Lipinski definition) is 5. The Morgan fingerprint density at radius 2 is 1.89 bits per heavy atom. The Balaban J connectivity index is 1.40. The van der Waals surface area contributed by atoms with Gasteiger partial charge in [-0.3, -0.25) is 14.6 Å². The average molecular weight is 376 g/mol. The molecule has 150 valence electrons. The second-order valence-corrected chi connectivity index (χ2v) is 7.56. The molecule has 2 aliphatic heterocycles. The van der Waals surface area contributed by atoms with Crippen molar-refractivity contribution in [3.63, 3.8) is 0 Å². The van der Waals surface area contributed by atoms with Crippen LogP contribution in [0.5, 0.6) is 11.5 Å². The number of ether oxygens (including phenoxy) is 2. The fourth-order valence-electron chi connectivity index (χ4n) is 4.22. The highest BCUT2D eigenvalue weighted by molar-refractivity contribution is 5.78. The van der Waals surface area contributed by atoms with Crippen LogP contribution in [0, 0.1) is 0 Å². The molecule has 2 saturated heterocycles. The molecule has 6 nitrogen and oxygen atoms in total. The third kappa shape index (κ3) is 5.59. The van der Waals surface area contributed by atoms with E-state index in [1.54, 1.807) is 14.2 Å². The molecule has 1 unspecified atom stereocenters. The number of piperidine rings is 1. The van der Waals surface area contributed by atoms with Crippen LogP contribution in [0.1, 0.15) is 31.2 Å². The monoisotopic (exact) mass is 375 g/mol. The Morgan fingerprint density at radius 1 is 1.11 bits per heavy atom. The highest BCUT2D eigenvalue weighted by Crippen LogP contribution is 2.27. The van der Waals surface area contributed by atoms with E-state index in [0.29, 0.717) is 19.1 Å². The number of amides is 1. The van der Waals surface area contributed by atoms with E-state index in [1.807, 2.05) is 18.2 Å². The van der Waals surface area contributed by atoms with Gasteiger partial charge in [0.05, 0.1) is 20.8 Å². The highest BCUT2D eigenvalue weighted by atomic mass is 16.5. The van der Waals surface area contributed by atoms with E-state index in [9.17, 15) is 4.79 Å². The molecule has 0 aromatic heterocycles. The quantitative estimate of drug-likeness (QED) is 0.752. The first-order valence-electron chi connectivity index (χ1n) is 10.1. The van der Waals surface area contributed by atoms with E-state index < -0.39 is 0 Å². The first-order chi connectivity index (χ1) is 13.2. The maximum atomic E-state index is 12.3. The Labute approximate surface area is 162 Å². The van der Waals surface area contributed by atoms with Crippen LogP contribution >= 0.6 is 0 Å². The molecule has 3 rings (SSSR count). The lowest BCUT2D eigenvalue weighted by molar-refractivity contribution is -0.122. The van der Waals surface area contributed by atoms with Gasteiger partial charge in [-0.2, -0.15) is 0 Å². The molecule has 1 N–H and O–H groups in total. The summed E-state index contributed by atoms with van der Waals surface area (Å²) < 4.78 is 10.6. The van der Waals surface area contributed by atoms with Gasteiger partial charge in [-0.15, -0.1) is 0 Å². The second-order valence-electron chi connectivity index (χ2n) is 7.56. The molecule has 0 radical (unpaired) electrons. The zero-order valence-electron chi connectivity index (χ0n) is 16.7. The van der Waals surface area contributed by atoms with Gasteiger partial charge in [-0.05, 0) is 69.4 Å². The van der Waals surface area contributed by atoms with E-state index >= 15 is 0 Å². The summed E-state index contributed by atoms with van der Waals surface area (Å²) in [4.78, 5) is 17.3. The van der Waals surface area contributed by atoms with Crippen molar-refractivity contribution >= 4 is 5.91 Å². The maximum absolute atomic E-state index is 12.3. The summed E-state index contributed by atoms with van der Waals surface area (Å²) in [5.74, 6) is 1.57. The van der Waals surface area contributed by atoms with Gasteiger partial charge in [0.15, 0.2) is 11.5 Å². The third-order valence-electron chi connectivity index (χ3n) is 5.69. The maximum Gasteiger partial charge on any atom is 0.234 e. The summed E-state index contributed by atoms with van der Waals surface area (Å²) in [6.07, 6.45) is 5.90. The summed E-state index contributed by atoms with van der Waals surface area (Å²) in [6, 6.07) is 6.53. The number of likely N-dealkylation sites (tertiary alicyclic amines) is 2. The lowest BCUT2D eigenvalue weighted by Gasteiger charge is -2.37. The third-order valence-corrected chi connectivity index (χ3v) is 5.69. The number of hydrogen-bond donors (Lipinski definition) is 1. The minimum atomic E-state index is 0.123. The van der Waals surface area contributed by atoms with Gasteiger partial charge < -0.3 is 14.8 Å². The molecule has 2 fully saturated rings. The minimum absolute atomic E-state index is 0.123. The zero-order chi connectivity index (χ0) is 19.1. The van der Waals surface area contributed by atoms with Crippen LogP contribution in [0.15, 0.2) is 18.2 Å². The smallest absolute Gasteiger partial charge is 0.234 e. The first-order valence-corrected chi connectivity index (χ1v) is 10.1. The van der Waals surface area contributed by atoms with Crippen LogP contribution in [0.4, 0.5) is 0 Å². The van der Waals surface area contributed by atoms with Crippen molar-refractivity contribution in [1.29, 1.82) is 0 Å². The summed E-state index contributed by atoms with van der Waals surface area (Å²) in [7, 11) is 3.27. The van der Waals surface area contributed by atoms with Gasteiger partial charge >= 0.3 is 0 Å². The number of benzene rings is 1. The zero-order valence-corrected chi connectivity index (χ0v) is 16.7. The van der Waals surface area contributed by atoms with Gasteiger partial charge in [0.25, 0.3) is 0 Å². The molecule has 1 atom stereocenters. The van der Waals surface area contributed by atoms with E-state index in [1.165, 1.54) is 38.8 Å². The van der Waals surface area contributed by atoms with Gasteiger partial charge in [-0.1, -0.05) is 6.07 Å². The van der Waals surface area contributed by atoms with Crippen molar-refractivity contribution in [3.05, 3.63) is 23.8 Å². The average Bonchev–Trinajstić information content (AvgIpc) is 3.23. The van der Waals surface area contributed by atoms with Gasteiger partial charge in [-0.25, -0.2) is 0 Å². The number of methoxy groups -OCH3 is 2. The molecule has 2 aliphatic rings. The number of nitrogens with one attached hydrogen (secondary N) is 1. The van der Waals surface area contributed by atoms with Crippen LogP contribution in [-0.2, 0) is 11.2 Å². The van der Waals surface area contributed by atoms with Crippen LogP contribution in [0.25, 0.3) is 0 Å². The topological polar surface area (TPSA) is 54.0 Å². The molecule has 0 spiro atoms. The van der Waals surface area contributed by atoms with Crippen molar-refractivity contribution < 1.29 is 14.3 Å². The van der Waals surface area contributed by atoms with Crippen molar-refractivity contribution in [2.45, 2.75) is 38.1 Å². The van der Waals surface area contributed by atoms with Crippen molar-refractivity contribution in [1.82, 2.24) is 15.1 Å². The molecular weight excluding hydrogens is 342 g/mol. The summed E-state index contributed by atoms with van der Waals surface area (Å²) in [5.41, 5.74) is 1.13. The SMILES string of the molecule is COc1ccc(CCNC(=O)CN2CCCC(N3CCCC3)C2)cc1OC. The molecule has 0 saturated carbocycles. The van der Waals surface area contributed by atoms with E-state index in [2.05, 4.69) is 15.1 Å². The molecule has 1 amide bonds. The van der Waals surface area contributed by atoms with E-state index in [-0.39, 0.29) is 5.91 Å². The second kappa shape index (κ2) is 9.95. The molecule has 2 heterocycles. The fourth-order valence-corrected chi connectivity index (χ4v) is 4.22. The Kier molecular flexibility index (Phi) is 7.35. The minimum Gasteiger partial charge on any atom is -0.493 e. The molecule has 0 aliphatic carbocycles. The van der Waals surface area contributed by atoms with Crippen LogP contribution in [0.3, 0.4) is 0 Å². The number of carbonyl (C=O) groups excluding carboxylic acids is 1. The van der Waals surface area contributed by atoms with E-state index in [4.69, 9.17) is 9.47 Å².